The van der Waals surface area contributed by atoms with Crippen molar-refractivity contribution in [3.8, 4) is 0 Å². The zero-order valence-corrected chi connectivity index (χ0v) is 12.5. The summed E-state index contributed by atoms with van der Waals surface area (Å²) in [6.07, 6.45) is 8.39. The summed E-state index contributed by atoms with van der Waals surface area (Å²) in [5.41, 5.74) is -0.420. The Balaban J connectivity index is 1.79. The minimum Gasteiger partial charge on any atom is -0.444 e. The van der Waals surface area contributed by atoms with Gasteiger partial charge in [-0.1, -0.05) is 12.8 Å². The van der Waals surface area contributed by atoms with Crippen LogP contribution in [0.5, 0.6) is 0 Å². The topological polar surface area (TPSA) is 50.4 Å². The smallest absolute Gasteiger partial charge is 0.407 e. The lowest BCUT2D eigenvalue weighted by Gasteiger charge is -2.27. The molecule has 110 valence electrons. The average Bonchev–Trinajstić information content (AvgIpc) is 2.89. The molecule has 2 aliphatic rings. The fourth-order valence-corrected chi connectivity index (χ4v) is 3.19. The molecule has 0 aromatic rings. The van der Waals surface area contributed by atoms with Gasteiger partial charge in [0.2, 0.25) is 0 Å². The van der Waals surface area contributed by atoms with Gasteiger partial charge >= 0.3 is 6.09 Å². The lowest BCUT2D eigenvalue weighted by molar-refractivity contribution is 0.0497. The highest BCUT2D eigenvalue weighted by Gasteiger charge is 2.32. The molecule has 2 atom stereocenters. The Kier molecular flexibility index (Phi) is 4.71. The predicted molar refractivity (Wildman–Crippen MR) is 76.2 cm³/mol. The summed E-state index contributed by atoms with van der Waals surface area (Å²) in [6.45, 7) is 5.69. The second-order valence-corrected chi connectivity index (χ2v) is 6.94. The Hall–Kier alpha value is -0.770. The molecular weight excluding hydrogens is 240 g/mol. The summed E-state index contributed by atoms with van der Waals surface area (Å²) in [7, 11) is 0. The molecule has 0 bridgehead atoms. The van der Waals surface area contributed by atoms with Crippen molar-refractivity contribution in [1.29, 1.82) is 0 Å². The van der Waals surface area contributed by atoms with E-state index in [-0.39, 0.29) is 12.1 Å². The minimum atomic E-state index is -0.420. The summed E-state index contributed by atoms with van der Waals surface area (Å²) in [4.78, 5) is 11.8. The van der Waals surface area contributed by atoms with Gasteiger partial charge in [-0.3, -0.25) is 0 Å². The van der Waals surface area contributed by atoms with Crippen LogP contribution < -0.4 is 10.6 Å². The van der Waals surface area contributed by atoms with Crippen LogP contribution >= 0.6 is 0 Å². The fraction of sp³-hybridized carbons (Fsp3) is 0.933. The van der Waals surface area contributed by atoms with E-state index in [1.54, 1.807) is 0 Å². The monoisotopic (exact) mass is 268 g/mol. The molecule has 4 nitrogen and oxygen atoms in total. The van der Waals surface area contributed by atoms with Crippen molar-refractivity contribution >= 4 is 6.09 Å². The molecule has 0 aromatic heterocycles. The van der Waals surface area contributed by atoms with E-state index in [2.05, 4.69) is 10.6 Å². The molecular formula is C15H28N2O2. The first-order valence-corrected chi connectivity index (χ1v) is 7.69. The van der Waals surface area contributed by atoms with Crippen LogP contribution in [0.4, 0.5) is 4.79 Å². The molecule has 1 amide bonds. The average molecular weight is 268 g/mol. The van der Waals surface area contributed by atoms with Crippen LogP contribution in [-0.2, 0) is 4.74 Å². The molecule has 4 heteroatoms. The highest BCUT2D eigenvalue weighted by Crippen LogP contribution is 2.24. The number of rotatable bonds is 3. The van der Waals surface area contributed by atoms with Crippen molar-refractivity contribution in [2.45, 2.75) is 89.4 Å². The van der Waals surface area contributed by atoms with E-state index >= 15 is 0 Å². The van der Waals surface area contributed by atoms with Gasteiger partial charge in [-0.05, 0) is 52.9 Å². The molecule has 2 rings (SSSR count). The molecule has 0 heterocycles. The van der Waals surface area contributed by atoms with Crippen LogP contribution in [0.25, 0.3) is 0 Å². The Morgan fingerprint density at radius 1 is 1.00 bits per heavy atom. The van der Waals surface area contributed by atoms with Crippen molar-refractivity contribution in [2.24, 2.45) is 0 Å². The number of alkyl carbamates (subject to hydrolysis) is 1. The first-order chi connectivity index (χ1) is 8.94. The maximum Gasteiger partial charge on any atom is 0.407 e. The SMILES string of the molecule is CC(C)(C)OC(=O)N[C@H]1CCC[C@H]1NC1CCCC1. The quantitative estimate of drug-likeness (QED) is 0.827. The molecule has 0 radical (unpaired) electrons. The second kappa shape index (κ2) is 6.12. The number of nitrogens with one attached hydrogen (secondary N) is 2. The number of amides is 1. The van der Waals surface area contributed by atoms with Crippen LogP contribution in [0.3, 0.4) is 0 Å². The van der Waals surface area contributed by atoms with Gasteiger partial charge in [0, 0.05) is 18.1 Å². The number of carbonyl (C=O) groups is 1. The number of carbonyl (C=O) groups excluding carboxylic acids is 1. The van der Waals surface area contributed by atoms with E-state index in [0.717, 1.165) is 12.8 Å². The third-order valence-corrected chi connectivity index (χ3v) is 4.02. The van der Waals surface area contributed by atoms with Crippen LogP contribution in [0.2, 0.25) is 0 Å². The van der Waals surface area contributed by atoms with Gasteiger partial charge in [0.15, 0.2) is 0 Å². The van der Waals surface area contributed by atoms with Crippen molar-refractivity contribution in [3.05, 3.63) is 0 Å². The van der Waals surface area contributed by atoms with E-state index in [4.69, 9.17) is 4.74 Å². The highest BCUT2D eigenvalue weighted by molar-refractivity contribution is 5.68. The first-order valence-electron chi connectivity index (χ1n) is 7.69. The van der Waals surface area contributed by atoms with Crippen molar-refractivity contribution in [3.63, 3.8) is 0 Å². The Bertz CT molecular complexity index is 306. The van der Waals surface area contributed by atoms with Crippen molar-refractivity contribution in [1.82, 2.24) is 10.6 Å². The van der Waals surface area contributed by atoms with Crippen LogP contribution in [0.15, 0.2) is 0 Å². The van der Waals surface area contributed by atoms with Gasteiger partial charge in [-0.2, -0.15) is 0 Å². The third-order valence-electron chi connectivity index (χ3n) is 4.02. The molecule has 2 N–H and O–H groups in total. The van der Waals surface area contributed by atoms with E-state index in [0.29, 0.717) is 12.1 Å². The molecule has 0 saturated heterocycles. The largest absolute Gasteiger partial charge is 0.444 e. The molecule has 0 spiro atoms. The highest BCUT2D eigenvalue weighted by atomic mass is 16.6. The minimum absolute atomic E-state index is 0.232. The maximum absolute atomic E-state index is 11.8. The Labute approximate surface area is 116 Å². The molecule has 2 fully saturated rings. The van der Waals surface area contributed by atoms with Crippen molar-refractivity contribution in [2.75, 3.05) is 0 Å². The zero-order chi connectivity index (χ0) is 13.9. The van der Waals surface area contributed by atoms with E-state index in [1.807, 2.05) is 20.8 Å². The number of hydrogen-bond donors (Lipinski definition) is 2. The molecule has 0 unspecified atom stereocenters. The van der Waals surface area contributed by atoms with Crippen LogP contribution in [-0.4, -0.2) is 29.8 Å². The fourth-order valence-electron chi connectivity index (χ4n) is 3.19. The van der Waals surface area contributed by atoms with E-state index in [9.17, 15) is 4.79 Å². The van der Waals surface area contributed by atoms with E-state index < -0.39 is 5.60 Å². The molecule has 19 heavy (non-hydrogen) atoms. The lowest BCUT2D eigenvalue weighted by Crippen LogP contribution is -2.50. The molecule has 0 aliphatic heterocycles. The van der Waals surface area contributed by atoms with Gasteiger partial charge in [-0.15, -0.1) is 0 Å². The first kappa shape index (κ1) is 14.6. The summed E-state index contributed by atoms with van der Waals surface area (Å²) in [5, 5.41) is 6.76. The van der Waals surface area contributed by atoms with Gasteiger partial charge < -0.3 is 15.4 Å². The maximum atomic E-state index is 11.8. The number of ether oxygens (including phenoxy) is 1. The van der Waals surface area contributed by atoms with Gasteiger partial charge in [0.1, 0.15) is 5.60 Å². The summed E-state index contributed by atoms with van der Waals surface area (Å²) in [6, 6.07) is 1.32. The molecule has 0 aromatic carbocycles. The third kappa shape index (κ3) is 4.68. The van der Waals surface area contributed by atoms with Gasteiger partial charge in [-0.25, -0.2) is 4.79 Å². The standard InChI is InChI=1S/C15H28N2O2/c1-15(2,3)19-14(18)17-13-10-6-9-12(13)16-11-7-4-5-8-11/h11-13,16H,4-10H2,1-3H3,(H,17,18)/t12-,13+/m1/s1. The number of hydrogen-bond acceptors (Lipinski definition) is 3. The van der Waals surface area contributed by atoms with E-state index in [1.165, 1.54) is 32.1 Å². The Morgan fingerprint density at radius 2 is 1.63 bits per heavy atom. The van der Waals surface area contributed by atoms with Crippen LogP contribution in [0.1, 0.15) is 65.7 Å². The normalized spacial score (nSPS) is 28.6. The Morgan fingerprint density at radius 3 is 2.26 bits per heavy atom. The second-order valence-electron chi connectivity index (χ2n) is 6.94. The molecule has 2 aliphatic carbocycles. The predicted octanol–water partition coefficient (Wildman–Crippen LogP) is 2.96. The van der Waals surface area contributed by atoms with Gasteiger partial charge in [0.05, 0.1) is 0 Å². The summed E-state index contributed by atoms with van der Waals surface area (Å²) < 4.78 is 5.34. The van der Waals surface area contributed by atoms with Crippen molar-refractivity contribution < 1.29 is 9.53 Å². The molecule has 2 saturated carbocycles. The van der Waals surface area contributed by atoms with Crippen LogP contribution in [0, 0.1) is 0 Å². The summed E-state index contributed by atoms with van der Waals surface area (Å²) in [5.74, 6) is 0. The van der Waals surface area contributed by atoms with Gasteiger partial charge in [0.25, 0.3) is 0 Å². The lowest BCUT2D eigenvalue weighted by atomic mass is 10.1. The zero-order valence-electron chi connectivity index (χ0n) is 12.5. The summed E-state index contributed by atoms with van der Waals surface area (Å²) >= 11 is 0.